The van der Waals surface area contributed by atoms with Crippen LogP contribution in [0.5, 0.6) is 0 Å². The van der Waals surface area contributed by atoms with Gasteiger partial charge in [0.25, 0.3) is 5.95 Å². The van der Waals surface area contributed by atoms with Gasteiger partial charge in [0.1, 0.15) is 28.7 Å². The summed E-state index contributed by atoms with van der Waals surface area (Å²) >= 11 is 0. The van der Waals surface area contributed by atoms with Crippen LogP contribution in [0.3, 0.4) is 0 Å². The number of hydrazone groups is 2. The predicted octanol–water partition coefficient (Wildman–Crippen LogP) is 2.87. The van der Waals surface area contributed by atoms with E-state index in [2.05, 4.69) is 36.2 Å². The zero-order chi connectivity index (χ0) is 17.6. The quantitative estimate of drug-likeness (QED) is 0.524. The molecule has 0 atom stereocenters. The van der Waals surface area contributed by atoms with Crippen molar-refractivity contribution in [1.82, 2.24) is 15.2 Å². The van der Waals surface area contributed by atoms with E-state index >= 15 is 0 Å². The summed E-state index contributed by atoms with van der Waals surface area (Å²) in [5.41, 5.74) is 6.10. The highest BCUT2D eigenvalue weighted by Crippen LogP contribution is 2.10. The standard InChI is InChI=1S/C16H17N7O2/c1-10-4-6-13(24-10)8-17-21-15-12(3)20-23-16(19-15)22-18-9-14-7-5-11(2)25-14/h4-9H,1-3H3,(H2,19,21,22,23). The van der Waals surface area contributed by atoms with Crippen LogP contribution in [-0.2, 0) is 0 Å². The summed E-state index contributed by atoms with van der Waals surface area (Å²) in [4.78, 5) is 4.26. The van der Waals surface area contributed by atoms with Gasteiger partial charge in [0, 0.05) is 0 Å². The van der Waals surface area contributed by atoms with Crippen molar-refractivity contribution >= 4 is 24.2 Å². The fraction of sp³-hybridized carbons (Fsp3) is 0.188. The molecule has 0 amide bonds. The lowest BCUT2D eigenvalue weighted by Gasteiger charge is -2.04. The van der Waals surface area contributed by atoms with Gasteiger partial charge in [-0.1, -0.05) is 0 Å². The topological polar surface area (TPSA) is 114 Å². The molecule has 0 aromatic carbocycles. The largest absolute Gasteiger partial charge is 0.460 e. The molecule has 3 aromatic heterocycles. The molecule has 0 bridgehead atoms. The molecule has 0 unspecified atom stereocenters. The normalized spacial score (nSPS) is 11.5. The van der Waals surface area contributed by atoms with E-state index in [4.69, 9.17) is 8.83 Å². The predicted molar refractivity (Wildman–Crippen MR) is 93.9 cm³/mol. The maximum absolute atomic E-state index is 5.39. The van der Waals surface area contributed by atoms with Gasteiger partial charge in [-0.05, 0) is 45.0 Å². The van der Waals surface area contributed by atoms with Crippen LogP contribution in [0.15, 0.2) is 43.3 Å². The van der Waals surface area contributed by atoms with Crippen LogP contribution >= 0.6 is 0 Å². The summed E-state index contributed by atoms with van der Waals surface area (Å²) in [6.45, 7) is 5.50. The summed E-state index contributed by atoms with van der Waals surface area (Å²) in [6.07, 6.45) is 3.08. The van der Waals surface area contributed by atoms with Crippen LogP contribution in [0.25, 0.3) is 0 Å². The maximum atomic E-state index is 5.39. The van der Waals surface area contributed by atoms with Crippen LogP contribution in [-0.4, -0.2) is 27.6 Å². The number of aryl methyl sites for hydroxylation is 3. The molecule has 0 aliphatic rings. The first-order valence-corrected chi connectivity index (χ1v) is 7.52. The summed E-state index contributed by atoms with van der Waals surface area (Å²) in [5.74, 6) is 3.59. The Bertz CT molecular complexity index is 911. The van der Waals surface area contributed by atoms with Crippen LogP contribution in [0.2, 0.25) is 0 Å². The Morgan fingerprint density at radius 2 is 1.44 bits per heavy atom. The van der Waals surface area contributed by atoms with E-state index in [0.29, 0.717) is 23.0 Å². The first kappa shape index (κ1) is 16.4. The molecule has 0 spiro atoms. The van der Waals surface area contributed by atoms with Gasteiger partial charge < -0.3 is 8.83 Å². The first-order chi connectivity index (χ1) is 12.1. The van der Waals surface area contributed by atoms with Gasteiger partial charge in [0.2, 0.25) is 0 Å². The fourth-order valence-electron chi connectivity index (χ4n) is 1.89. The third-order valence-corrected chi connectivity index (χ3v) is 3.10. The lowest BCUT2D eigenvalue weighted by atomic mass is 10.4. The Balaban J connectivity index is 1.63. The molecule has 0 saturated heterocycles. The van der Waals surface area contributed by atoms with Gasteiger partial charge in [-0.15, -0.1) is 10.2 Å². The first-order valence-electron chi connectivity index (χ1n) is 7.52. The van der Waals surface area contributed by atoms with Crippen molar-refractivity contribution in [1.29, 1.82) is 0 Å². The maximum Gasteiger partial charge on any atom is 0.265 e. The van der Waals surface area contributed by atoms with E-state index in [1.807, 2.05) is 38.1 Å². The Kier molecular flexibility index (Phi) is 4.84. The summed E-state index contributed by atoms with van der Waals surface area (Å²) in [7, 11) is 0. The minimum absolute atomic E-state index is 0.233. The summed E-state index contributed by atoms with van der Waals surface area (Å²) in [5, 5.41) is 16.0. The second-order valence-corrected chi connectivity index (χ2v) is 5.21. The molecular weight excluding hydrogens is 322 g/mol. The van der Waals surface area contributed by atoms with E-state index in [1.165, 1.54) is 6.21 Å². The van der Waals surface area contributed by atoms with Crippen LogP contribution < -0.4 is 10.9 Å². The van der Waals surface area contributed by atoms with Crippen molar-refractivity contribution in [3.8, 4) is 0 Å². The second-order valence-electron chi connectivity index (χ2n) is 5.21. The Morgan fingerprint density at radius 1 is 0.840 bits per heavy atom. The minimum atomic E-state index is 0.233. The highest BCUT2D eigenvalue weighted by atomic mass is 16.3. The van der Waals surface area contributed by atoms with Crippen molar-refractivity contribution in [2.75, 3.05) is 10.9 Å². The highest BCUT2D eigenvalue weighted by molar-refractivity contribution is 5.77. The van der Waals surface area contributed by atoms with E-state index < -0.39 is 0 Å². The number of furan rings is 2. The molecule has 0 aliphatic carbocycles. The summed E-state index contributed by atoms with van der Waals surface area (Å²) in [6, 6.07) is 7.35. The number of hydrogen-bond donors (Lipinski definition) is 2. The van der Waals surface area contributed by atoms with Gasteiger partial charge in [-0.3, -0.25) is 5.43 Å². The molecule has 0 radical (unpaired) electrons. The Morgan fingerprint density at radius 3 is 2.00 bits per heavy atom. The van der Waals surface area contributed by atoms with Crippen LogP contribution in [0.1, 0.15) is 28.7 Å². The van der Waals surface area contributed by atoms with Gasteiger partial charge >= 0.3 is 0 Å². The van der Waals surface area contributed by atoms with Gasteiger partial charge in [-0.25, -0.2) is 5.43 Å². The Hall–Kier alpha value is -3.49. The lowest BCUT2D eigenvalue weighted by Crippen LogP contribution is -2.05. The van der Waals surface area contributed by atoms with E-state index in [0.717, 1.165) is 11.5 Å². The van der Waals surface area contributed by atoms with E-state index in [-0.39, 0.29) is 5.95 Å². The minimum Gasteiger partial charge on any atom is -0.460 e. The van der Waals surface area contributed by atoms with Gasteiger partial charge in [-0.2, -0.15) is 15.2 Å². The van der Waals surface area contributed by atoms with Crippen molar-refractivity contribution in [2.45, 2.75) is 20.8 Å². The molecule has 9 heteroatoms. The number of rotatable bonds is 6. The third-order valence-electron chi connectivity index (χ3n) is 3.10. The number of nitrogens with zero attached hydrogens (tertiary/aromatic N) is 5. The van der Waals surface area contributed by atoms with E-state index in [1.54, 1.807) is 13.1 Å². The molecule has 0 saturated carbocycles. The molecule has 9 nitrogen and oxygen atoms in total. The molecule has 25 heavy (non-hydrogen) atoms. The Labute approximate surface area is 143 Å². The summed E-state index contributed by atoms with van der Waals surface area (Å²) < 4.78 is 10.8. The molecule has 0 fully saturated rings. The zero-order valence-corrected chi connectivity index (χ0v) is 14.0. The van der Waals surface area contributed by atoms with Gasteiger partial charge in [0.05, 0.1) is 12.4 Å². The molecule has 0 aliphatic heterocycles. The number of nitrogens with one attached hydrogen (secondary N) is 2. The highest BCUT2D eigenvalue weighted by Gasteiger charge is 2.04. The van der Waals surface area contributed by atoms with Crippen LogP contribution in [0.4, 0.5) is 11.8 Å². The average Bonchev–Trinajstić information content (AvgIpc) is 3.18. The smallest absolute Gasteiger partial charge is 0.265 e. The average molecular weight is 339 g/mol. The fourth-order valence-corrected chi connectivity index (χ4v) is 1.89. The molecule has 128 valence electrons. The van der Waals surface area contributed by atoms with Crippen LogP contribution in [0, 0.1) is 20.8 Å². The number of anilines is 2. The zero-order valence-electron chi connectivity index (χ0n) is 14.0. The number of hydrogen-bond acceptors (Lipinski definition) is 9. The molecule has 3 heterocycles. The lowest BCUT2D eigenvalue weighted by molar-refractivity contribution is 0.527. The SMILES string of the molecule is Cc1ccc(C=NNc2nnc(C)c(NN=Cc3ccc(C)o3)n2)o1. The molecular formula is C16H17N7O2. The van der Waals surface area contributed by atoms with Crippen molar-refractivity contribution < 1.29 is 8.83 Å². The molecule has 3 aromatic rings. The third kappa shape index (κ3) is 4.50. The van der Waals surface area contributed by atoms with Crippen molar-refractivity contribution in [3.63, 3.8) is 0 Å². The number of aromatic nitrogens is 3. The second kappa shape index (κ2) is 7.39. The van der Waals surface area contributed by atoms with E-state index in [9.17, 15) is 0 Å². The molecule has 3 rings (SSSR count). The molecule has 2 N–H and O–H groups in total. The monoisotopic (exact) mass is 339 g/mol. The van der Waals surface area contributed by atoms with Gasteiger partial charge in [0.15, 0.2) is 5.82 Å². The van der Waals surface area contributed by atoms with Crippen molar-refractivity contribution in [3.05, 3.63) is 53.0 Å². The van der Waals surface area contributed by atoms with Crippen molar-refractivity contribution in [2.24, 2.45) is 10.2 Å².